The minimum atomic E-state index is -0.135. The number of nitrogens with one attached hydrogen (secondary N) is 1. The lowest BCUT2D eigenvalue weighted by atomic mass is 10.2. The van der Waals surface area contributed by atoms with Crippen LogP contribution in [0.4, 0.5) is 0 Å². The molecule has 5 nitrogen and oxygen atoms in total. The molecule has 0 bridgehead atoms. The van der Waals surface area contributed by atoms with Crippen LogP contribution >= 0.6 is 11.8 Å². The van der Waals surface area contributed by atoms with Crippen molar-refractivity contribution in [1.82, 2.24) is 15.0 Å². The molecule has 0 aliphatic heterocycles. The van der Waals surface area contributed by atoms with Crippen molar-refractivity contribution in [2.75, 3.05) is 0 Å². The fourth-order valence-corrected chi connectivity index (χ4v) is 2.83. The molecule has 0 amide bonds. The van der Waals surface area contributed by atoms with Crippen molar-refractivity contribution in [3.05, 3.63) is 46.0 Å². The Bertz CT molecular complexity index is 639. The van der Waals surface area contributed by atoms with E-state index in [-0.39, 0.29) is 11.6 Å². The summed E-state index contributed by atoms with van der Waals surface area (Å²) < 4.78 is 0. The highest BCUT2D eigenvalue weighted by atomic mass is 32.2. The lowest BCUT2D eigenvalue weighted by Gasteiger charge is -2.10. The molecule has 1 unspecified atom stereocenters. The first-order valence-corrected chi connectivity index (χ1v) is 7.40. The van der Waals surface area contributed by atoms with E-state index in [4.69, 9.17) is 5.73 Å². The van der Waals surface area contributed by atoms with Gasteiger partial charge in [0.2, 0.25) is 0 Å². The first-order valence-electron chi connectivity index (χ1n) is 6.58. The SMILES string of the molecule is CCCc1cc(=O)[nH]c(Sc2ncccc2C(C)N)n1. The summed E-state index contributed by atoms with van der Waals surface area (Å²) in [6.07, 6.45) is 3.46. The van der Waals surface area contributed by atoms with Crippen molar-refractivity contribution in [3.63, 3.8) is 0 Å². The van der Waals surface area contributed by atoms with E-state index in [0.29, 0.717) is 5.16 Å². The van der Waals surface area contributed by atoms with Gasteiger partial charge in [0.05, 0.1) is 0 Å². The molecular formula is C14H18N4OS. The number of rotatable bonds is 5. The molecule has 0 spiro atoms. The van der Waals surface area contributed by atoms with Gasteiger partial charge in [-0.2, -0.15) is 0 Å². The number of aromatic nitrogens is 3. The number of pyridine rings is 1. The summed E-state index contributed by atoms with van der Waals surface area (Å²) in [6, 6.07) is 5.22. The van der Waals surface area contributed by atoms with Gasteiger partial charge >= 0.3 is 0 Å². The van der Waals surface area contributed by atoms with Crippen LogP contribution in [0, 0.1) is 0 Å². The van der Waals surface area contributed by atoms with Gasteiger partial charge in [0.25, 0.3) is 5.56 Å². The van der Waals surface area contributed by atoms with Crippen LogP contribution in [0.3, 0.4) is 0 Å². The van der Waals surface area contributed by atoms with Crippen LogP contribution < -0.4 is 11.3 Å². The minimum absolute atomic E-state index is 0.114. The Morgan fingerprint density at radius 3 is 3.00 bits per heavy atom. The Morgan fingerprint density at radius 1 is 1.50 bits per heavy atom. The quantitative estimate of drug-likeness (QED) is 0.825. The second-order valence-corrected chi connectivity index (χ2v) is 5.56. The van der Waals surface area contributed by atoms with Crippen LogP contribution in [-0.2, 0) is 6.42 Å². The topological polar surface area (TPSA) is 84.7 Å². The van der Waals surface area contributed by atoms with Crippen molar-refractivity contribution in [1.29, 1.82) is 0 Å². The van der Waals surface area contributed by atoms with E-state index >= 15 is 0 Å². The number of nitrogens with zero attached hydrogens (tertiary/aromatic N) is 2. The molecule has 0 radical (unpaired) electrons. The van der Waals surface area contributed by atoms with Gasteiger partial charge < -0.3 is 10.7 Å². The average molecular weight is 290 g/mol. The lowest BCUT2D eigenvalue weighted by molar-refractivity contribution is 0.775. The Kier molecular flexibility index (Phi) is 4.92. The zero-order valence-corrected chi connectivity index (χ0v) is 12.4. The predicted octanol–water partition coefficient (Wildman–Crippen LogP) is 2.29. The third-order valence-electron chi connectivity index (χ3n) is 2.76. The zero-order chi connectivity index (χ0) is 14.5. The molecular weight excluding hydrogens is 272 g/mol. The highest BCUT2D eigenvalue weighted by molar-refractivity contribution is 7.99. The van der Waals surface area contributed by atoms with Crippen LogP contribution in [0.1, 0.15) is 37.6 Å². The second-order valence-electron chi connectivity index (χ2n) is 4.58. The molecule has 2 heterocycles. The monoisotopic (exact) mass is 290 g/mol. The fourth-order valence-electron chi connectivity index (χ4n) is 1.84. The highest BCUT2D eigenvalue weighted by Crippen LogP contribution is 2.28. The van der Waals surface area contributed by atoms with Gasteiger partial charge in [-0.1, -0.05) is 19.4 Å². The van der Waals surface area contributed by atoms with E-state index in [0.717, 1.165) is 29.1 Å². The molecule has 0 fully saturated rings. The lowest BCUT2D eigenvalue weighted by Crippen LogP contribution is -2.11. The van der Waals surface area contributed by atoms with E-state index in [1.165, 1.54) is 11.8 Å². The number of nitrogens with two attached hydrogens (primary N) is 1. The van der Waals surface area contributed by atoms with E-state index in [2.05, 4.69) is 21.9 Å². The maximum absolute atomic E-state index is 11.6. The summed E-state index contributed by atoms with van der Waals surface area (Å²) >= 11 is 1.34. The molecule has 1 atom stereocenters. The van der Waals surface area contributed by atoms with Crippen LogP contribution in [0.25, 0.3) is 0 Å². The van der Waals surface area contributed by atoms with Crippen molar-refractivity contribution in [3.8, 4) is 0 Å². The Morgan fingerprint density at radius 2 is 2.30 bits per heavy atom. The van der Waals surface area contributed by atoms with Gasteiger partial charge in [0.15, 0.2) is 5.16 Å². The van der Waals surface area contributed by atoms with Crippen molar-refractivity contribution < 1.29 is 0 Å². The van der Waals surface area contributed by atoms with E-state index < -0.39 is 0 Å². The first-order chi connectivity index (χ1) is 9.60. The Labute approximate surface area is 122 Å². The molecule has 20 heavy (non-hydrogen) atoms. The summed E-state index contributed by atoms with van der Waals surface area (Å²) in [5.41, 5.74) is 7.54. The van der Waals surface area contributed by atoms with E-state index in [9.17, 15) is 4.79 Å². The Balaban J connectivity index is 2.32. The molecule has 2 aromatic heterocycles. The summed E-state index contributed by atoms with van der Waals surface area (Å²) in [4.78, 5) is 23.1. The average Bonchev–Trinajstić information content (AvgIpc) is 2.38. The van der Waals surface area contributed by atoms with Crippen LogP contribution in [0.5, 0.6) is 0 Å². The third-order valence-corrected chi connectivity index (χ3v) is 3.68. The maximum Gasteiger partial charge on any atom is 0.251 e. The molecule has 0 aromatic carbocycles. The molecule has 0 saturated heterocycles. The van der Waals surface area contributed by atoms with Gasteiger partial charge in [-0.05, 0) is 31.2 Å². The first kappa shape index (κ1) is 14.7. The van der Waals surface area contributed by atoms with E-state index in [1.54, 1.807) is 12.3 Å². The van der Waals surface area contributed by atoms with Crippen molar-refractivity contribution in [2.24, 2.45) is 5.73 Å². The molecule has 0 aliphatic carbocycles. The normalized spacial score (nSPS) is 12.3. The summed E-state index contributed by atoms with van der Waals surface area (Å²) in [5, 5.41) is 1.33. The van der Waals surface area contributed by atoms with Gasteiger partial charge in [-0.3, -0.25) is 4.79 Å². The standard InChI is InChI=1S/C14H18N4OS/c1-3-5-10-8-12(19)18-14(17-10)20-13-11(9(2)15)6-4-7-16-13/h4,6-9H,3,5,15H2,1-2H3,(H,17,18,19). The number of aromatic amines is 1. The number of aryl methyl sites for hydroxylation is 1. The van der Waals surface area contributed by atoms with Gasteiger partial charge in [0.1, 0.15) is 5.03 Å². The smallest absolute Gasteiger partial charge is 0.251 e. The van der Waals surface area contributed by atoms with Gasteiger partial charge in [-0.25, -0.2) is 9.97 Å². The molecule has 106 valence electrons. The number of H-pyrrole nitrogens is 1. The summed E-state index contributed by atoms with van der Waals surface area (Å²) in [7, 11) is 0. The fraction of sp³-hybridized carbons (Fsp3) is 0.357. The third kappa shape index (κ3) is 3.68. The van der Waals surface area contributed by atoms with Crippen LogP contribution in [0.15, 0.2) is 39.4 Å². The summed E-state index contributed by atoms with van der Waals surface area (Å²) in [6.45, 7) is 3.97. The zero-order valence-electron chi connectivity index (χ0n) is 11.6. The van der Waals surface area contributed by atoms with Crippen LogP contribution in [-0.4, -0.2) is 15.0 Å². The van der Waals surface area contributed by atoms with E-state index in [1.807, 2.05) is 19.1 Å². The molecule has 0 aliphatic rings. The van der Waals surface area contributed by atoms with Crippen molar-refractivity contribution >= 4 is 11.8 Å². The second kappa shape index (κ2) is 6.67. The molecule has 6 heteroatoms. The number of hydrogen-bond acceptors (Lipinski definition) is 5. The van der Waals surface area contributed by atoms with Gasteiger partial charge in [-0.15, -0.1) is 0 Å². The molecule has 3 N–H and O–H groups in total. The molecule has 0 saturated carbocycles. The molecule has 2 rings (SSSR count). The minimum Gasteiger partial charge on any atom is -0.324 e. The largest absolute Gasteiger partial charge is 0.324 e. The highest BCUT2D eigenvalue weighted by Gasteiger charge is 2.11. The van der Waals surface area contributed by atoms with Gasteiger partial charge in [0, 0.05) is 29.6 Å². The Hall–Kier alpha value is -1.66. The number of hydrogen-bond donors (Lipinski definition) is 2. The predicted molar refractivity (Wildman–Crippen MR) is 79.8 cm³/mol. The molecule has 2 aromatic rings. The maximum atomic E-state index is 11.6. The van der Waals surface area contributed by atoms with Crippen molar-refractivity contribution in [2.45, 2.75) is 42.9 Å². The van der Waals surface area contributed by atoms with Crippen LogP contribution in [0.2, 0.25) is 0 Å². The summed E-state index contributed by atoms with van der Waals surface area (Å²) in [5.74, 6) is 0.